The average Bonchev–Trinajstić information content (AvgIpc) is 3.15. The molecule has 0 aromatic heterocycles. The van der Waals surface area contributed by atoms with Crippen molar-refractivity contribution in [2.24, 2.45) is 0 Å². The van der Waals surface area contributed by atoms with Crippen LogP contribution in [0, 0.1) is 0 Å². The maximum absolute atomic E-state index is 12.9. The minimum absolute atomic E-state index is 0.0616. The summed E-state index contributed by atoms with van der Waals surface area (Å²) in [7, 11) is -1.92. The molecule has 2 nitrogen and oxygen atoms in total. The van der Waals surface area contributed by atoms with Gasteiger partial charge in [-0.1, -0.05) is 78.9 Å². The number of ether oxygens (including phenoxy) is 1. The summed E-state index contributed by atoms with van der Waals surface area (Å²) in [5, 5.41) is 1.34. The van der Waals surface area contributed by atoms with E-state index in [1.54, 1.807) is 0 Å². The van der Waals surface area contributed by atoms with Crippen LogP contribution in [0.3, 0.4) is 0 Å². The van der Waals surface area contributed by atoms with Gasteiger partial charge in [0.05, 0.1) is 19.2 Å². The van der Waals surface area contributed by atoms with Crippen molar-refractivity contribution in [3.8, 4) is 0 Å². The van der Waals surface area contributed by atoms with Crippen LogP contribution in [0.25, 0.3) is 0 Å². The first kappa shape index (κ1) is 19.9. The highest BCUT2D eigenvalue weighted by molar-refractivity contribution is 7.84. The molecule has 1 aliphatic rings. The van der Waals surface area contributed by atoms with Crippen LogP contribution in [0.2, 0.25) is 0 Å². The van der Waals surface area contributed by atoms with Crippen molar-refractivity contribution < 1.29 is 9.53 Å². The minimum Gasteiger partial charge on any atom is -0.463 e. The lowest BCUT2D eigenvalue weighted by atomic mass is 10.0. The molecule has 1 saturated heterocycles. The van der Waals surface area contributed by atoms with Gasteiger partial charge in [-0.2, -0.15) is 0 Å². The van der Waals surface area contributed by atoms with Crippen molar-refractivity contribution in [1.29, 1.82) is 0 Å². The molecule has 1 aliphatic heterocycles. The molecule has 0 saturated carbocycles. The monoisotopic (exact) mass is 403 g/mol. The molecule has 0 radical (unpaired) electrons. The van der Waals surface area contributed by atoms with Gasteiger partial charge in [0, 0.05) is 0 Å². The van der Waals surface area contributed by atoms with Crippen LogP contribution in [-0.2, 0) is 9.53 Å². The standard InChI is InChI=1S/C26H28O2P/c1-2-28-26(27)20-29(23-16-10-5-11-17-23)24(21-12-6-3-7-13-21)18-19-25(29)22-14-8-4-9-15-22/h3-17,24-25H,2,18-20H2,1H3/q+1/t24-,25-/m0/s1. The zero-order valence-corrected chi connectivity index (χ0v) is 17.8. The number of carbonyl (C=O) groups excluding carboxylic acids is 1. The molecule has 3 heteroatoms. The van der Waals surface area contributed by atoms with Crippen molar-refractivity contribution >= 4 is 18.5 Å². The minimum atomic E-state index is -1.92. The Labute approximate surface area is 174 Å². The van der Waals surface area contributed by atoms with Crippen LogP contribution in [0.5, 0.6) is 0 Å². The molecule has 29 heavy (non-hydrogen) atoms. The van der Waals surface area contributed by atoms with Crippen molar-refractivity contribution in [3.05, 3.63) is 102 Å². The van der Waals surface area contributed by atoms with Gasteiger partial charge in [0.15, 0.2) is 6.16 Å². The molecule has 2 atom stereocenters. The summed E-state index contributed by atoms with van der Waals surface area (Å²) in [5.74, 6) is -0.0616. The molecule has 4 rings (SSSR count). The summed E-state index contributed by atoms with van der Waals surface area (Å²) in [5.41, 5.74) is 3.46. The number of hydrogen-bond donors (Lipinski definition) is 0. The van der Waals surface area contributed by atoms with Gasteiger partial charge in [-0.05, 0) is 43.0 Å². The Hall–Kier alpha value is -2.44. The second-order valence-electron chi connectivity index (χ2n) is 7.66. The third-order valence-electron chi connectivity index (χ3n) is 6.13. The van der Waals surface area contributed by atoms with Gasteiger partial charge in [-0.25, -0.2) is 4.79 Å². The lowest BCUT2D eigenvalue weighted by molar-refractivity contribution is -0.140. The third-order valence-corrected chi connectivity index (χ3v) is 11.5. The molecule has 1 heterocycles. The van der Waals surface area contributed by atoms with Crippen molar-refractivity contribution in [3.63, 3.8) is 0 Å². The first-order valence-corrected chi connectivity index (χ1v) is 12.6. The number of esters is 1. The summed E-state index contributed by atoms with van der Waals surface area (Å²) >= 11 is 0. The van der Waals surface area contributed by atoms with Gasteiger partial charge in [0.2, 0.25) is 0 Å². The van der Waals surface area contributed by atoms with E-state index in [0.29, 0.717) is 24.1 Å². The Kier molecular flexibility index (Phi) is 6.11. The Morgan fingerprint density at radius 1 is 0.793 bits per heavy atom. The zero-order chi connectivity index (χ0) is 20.1. The molecule has 0 spiro atoms. The van der Waals surface area contributed by atoms with Gasteiger partial charge in [-0.15, -0.1) is 0 Å². The predicted octanol–water partition coefficient (Wildman–Crippen LogP) is 6.17. The van der Waals surface area contributed by atoms with Crippen LogP contribution in [0.1, 0.15) is 42.2 Å². The Morgan fingerprint density at radius 2 is 1.24 bits per heavy atom. The van der Waals surface area contributed by atoms with Crippen LogP contribution >= 0.6 is 7.26 Å². The average molecular weight is 403 g/mol. The molecule has 0 bridgehead atoms. The van der Waals surface area contributed by atoms with E-state index in [1.165, 1.54) is 16.4 Å². The SMILES string of the molecule is CCOC(=O)C[P+]1(c2ccccc2)[C@H](c2ccccc2)CC[C@H]1c1ccccc1. The molecular weight excluding hydrogens is 375 g/mol. The van der Waals surface area contributed by atoms with E-state index in [0.717, 1.165) is 12.8 Å². The van der Waals surface area contributed by atoms with Crippen molar-refractivity contribution in [1.82, 2.24) is 0 Å². The predicted molar refractivity (Wildman–Crippen MR) is 122 cm³/mol. The molecule has 0 amide bonds. The number of rotatable bonds is 6. The van der Waals surface area contributed by atoms with E-state index < -0.39 is 7.26 Å². The Morgan fingerprint density at radius 3 is 1.69 bits per heavy atom. The fraction of sp³-hybridized carbons (Fsp3) is 0.269. The van der Waals surface area contributed by atoms with Gasteiger partial charge >= 0.3 is 5.97 Å². The van der Waals surface area contributed by atoms with E-state index in [4.69, 9.17) is 4.74 Å². The Bertz CT molecular complexity index is 877. The number of hydrogen-bond acceptors (Lipinski definition) is 2. The van der Waals surface area contributed by atoms with E-state index in [2.05, 4.69) is 91.0 Å². The van der Waals surface area contributed by atoms with Gasteiger partial charge in [0.25, 0.3) is 0 Å². The summed E-state index contributed by atoms with van der Waals surface area (Å²) in [4.78, 5) is 12.9. The lowest BCUT2D eigenvalue weighted by Gasteiger charge is -2.34. The van der Waals surface area contributed by atoms with Crippen LogP contribution in [-0.4, -0.2) is 18.7 Å². The summed E-state index contributed by atoms with van der Waals surface area (Å²) < 4.78 is 5.51. The lowest BCUT2D eigenvalue weighted by Crippen LogP contribution is -2.26. The third kappa shape index (κ3) is 3.87. The van der Waals surface area contributed by atoms with E-state index >= 15 is 0 Å². The van der Waals surface area contributed by atoms with Gasteiger partial charge in [0.1, 0.15) is 11.3 Å². The fourth-order valence-electron chi connectivity index (χ4n) is 5.01. The summed E-state index contributed by atoms with van der Waals surface area (Å²) in [6.45, 7) is 2.32. The van der Waals surface area contributed by atoms with Crippen LogP contribution < -0.4 is 5.30 Å². The van der Waals surface area contributed by atoms with Crippen molar-refractivity contribution in [2.75, 3.05) is 12.8 Å². The highest BCUT2D eigenvalue weighted by atomic mass is 31.2. The largest absolute Gasteiger partial charge is 0.463 e. The molecule has 1 fully saturated rings. The fourth-order valence-corrected chi connectivity index (χ4v) is 10.7. The van der Waals surface area contributed by atoms with E-state index in [-0.39, 0.29) is 5.97 Å². The maximum atomic E-state index is 12.9. The molecule has 3 aromatic carbocycles. The second-order valence-corrected chi connectivity index (χ2v) is 11.6. The number of benzene rings is 3. The highest BCUT2D eigenvalue weighted by Crippen LogP contribution is 2.83. The maximum Gasteiger partial charge on any atom is 0.344 e. The summed E-state index contributed by atoms with van der Waals surface area (Å²) in [6, 6.07) is 32.3. The second kappa shape index (κ2) is 8.93. The first-order valence-electron chi connectivity index (χ1n) is 10.4. The van der Waals surface area contributed by atoms with Gasteiger partial charge < -0.3 is 4.74 Å². The number of carbonyl (C=O) groups is 1. The molecular formula is C26H28O2P+. The van der Waals surface area contributed by atoms with E-state index in [1.807, 2.05) is 6.92 Å². The van der Waals surface area contributed by atoms with Crippen LogP contribution in [0.15, 0.2) is 91.0 Å². The highest BCUT2D eigenvalue weighted by Gasteiger charge is 2.60. The molecule has 0 aliphatic carbocycles. The van der Waals surface area contributed by atoms with Gasteiger partial charge in [-0.3, -0.25) is 0 Å². The smallest absolute Gasteiger partial charge is 0.344 e. The van der Waals surface area contributed by atoms with Crippen LogP contribution in [0.4, 0.5) is 0 Å². The molecule has 0 N–H and O–H groups in total. The van der Waals surface area contributed by atoms with E-state index in [9.17, 15) is 4.79 Å². The molecule has 3 aromatic rings. The summed E-state index contributed by atoms with van der Waals surface area (Å²) in [6.07, 6.45) is 2.71. The van der Waals surface area contributed by atoms with Crippen molar-refractivity contribution in [2.45, 2.75) is 31.1 Å². The quantitative estimate of drug-likeness (QED) is 0.363. The topological polar surface area (TPSA) is 26.3 Å². The first-order chi connectivity index (χ1) is 14.3. The zero-order valence-electron chi connectivity index (χ0n) is 16.9. The molecule has 148 valence electrons. The molecule has 0 unspecified atom stereocenters. The Balaban J connectivity index is 1.91. The normalized spacial score (nSPS) is 20.3.